The molecule has 9 nitrogen and oxygen atoms in total. The van der Waals surface area contributed by atoms with Gasteiger partial charge in [0.15, 0.2) is 4.80 Å². The number of aromatic nitrogens is 1. The number of morpholine rings is 1. The van der Waals surface area contributed by atoms with Crippen LogP contribution in [-0.4, -0.2) is 63.7 Å². The second kappa shape index (κ2) is 9.02. The van der Waals surface area contributed by atoms with Crippen LogP contribution >= 0.6 is 11.3 Å². The van der Waals surface area contributed by atoms with Gasteiger partial charge in [-0.1, -0.05) is 11.3 Å². The smallest absolute Gasteiger partial charge is 0.279 e. The largest absolute Gasteiger partial charge is 0.495 e. The van der Waals surface area contributed by atoms with Crippen molar-refractivity contribution in [2.75, 3.05) is 40.5 Å². The van der Waals surface area contributed by atoms with Crippen molar-refractivity contribution in [3.8, 4) is 11.5 Å². The summed E-state index contributed by atoms with van der Waals surface area (Å²) in [4.78, 5) is 17.7. The Bertz CT molecular complexity index is 1320. The second-order valence-corrected chi connectivity index (χ2v) is 9.96. The van der Waals surface area contributed by atoms with Crippen LogP contribution in [0.4, 0.5) is 0 Å². The van der Waals surface area contributed by atoms with Crippen molar-refractivity contribution in [3.05, 3.63) is 46.8 Å². The highest BCUT2D eigenvalue weighted by atomic mass is 32.2. The standard InChI is InChI=1S/C21H23N3O6S2/c1-23-18-16(28-2)8-9-17(29-3)19(18)31-21(23)22-20(25)14-4-6-15(7-5-14)32(26,27)24-10-12-30-13-11-24/h4-9H,10-13H2,1-3H3. The third kappa shape index (κ3) is 4.04. The summed E-state index contributed by atoms with van der Waals surface area (Å²) in [6.07, 6.45) is 0. The zero-order valence-electron chi connectivity index (χ0n) is 17.9. The summed E-state index contributed by atoms with van der Waals surface area (Å²) in [6, 6.07) is 9.43. The fraction of sp³-hybridized carbons (Fsp3) is 0.333. The van der Waals surface area contributed by atoms with E-state index in [4.69, 9.17) is 14.2 Å². The normalized spacial score (nSPS) is 15.8. The van der Waals surface area contributed by atoms with E-state index in [0.717, 1.165) is 10.2 Å². The summed E-state index contributed by atoms with van der Waals surface area (Å²) in [5.41, 5.74) is 1.07. The summed E-state index contributed by atoms with van der Waals surface area (Å²) in [5.74, 6) is 0.833. The molecule has 32 heavy (non-hydrogen) atoms. The van der Waals surface area contributed by atoms with Crippen molar-refractivity contribution in [2.45, 2.75) is 4.90 Å². The Morgan fingerprint density at radius 1 is 1.03 bits per heavy atom. The molecular formula is C21H23N3O6S2. The summed E-state index contributed by atoms with van der Waals surface area (Å²) >= 11 is 1.31. The number of hydrogen-bond acceptors (Lipinski definition) is 7. The second-order valence-electron chi connectivity index (χ2n) is 7.05. The number of carbonyl (C=O) groups excluding carboxylic acids is 1. The number of methoxy groups -OCH3 is 2. The molecule has 0 bridgehead atoms. The molecule has 0 saturated carbocycles. The molecule has 0 N–H and O–H groups in total. The first-order valence-corrected chi connectivity index (χ1v) is 12.1. The van der Waals surface area contributed by atoms with Gasteiger partial charge in [-0.2, -0.15) is 9.30 Å². The predicted molar refractivity (Wildman–Crippen MR) is 120 cm³/mol. The van der Waals surface area contributed by atoms with Crippen molar-refractivity contribution in [2.24, 2.45) is 12.0 Å². The van der Waals surface area contributed by atoms with Gasteiger partial charge < -0.3 is 18.8 Å². The predicted octanol–water partition coefficient (Wildman–Crippen LogP) is 2.02. The van der Waals surface area contributed by atoms with Crippen LogP contribution in [0.1, 0.15) is 10.4 Å². The van der Waals surface area contributed by atoms with Crippen molar-refractivity contribution in [1.29, 1.82) is 0 Å². The van der Waals surface area contributed by atoms with E-state index in [1.165, 1.54) is 39.9 Å². The number of thiazole rings is 1. The van der Waals surface area contributed by atoms with Crippen LogP contribution in [-0.2, 0) is 21.8 Å². The van der Waals surface area contributed by atoms with Crippen LogP contribution in [0.5, 0.6) is 11.5 Å². The number of hydrogen-bond donors (Lipinski definition) is 0. The fourth-order valence-electron chi connectivity index (χ4n) is 3.49. The van der Waals surface area contributed by atoms with Gasteiger partial charge in [-0.25, -0.2) is 8.42 Å². The van der Waals surface area contributed by atoms with Crippen molar-refractivity contribution in [1.82, 2.24) is 8.87 Å². The summed E-state index contributed by atoms with van der Waals surface area (Å²) < 4.78 is 45.6. The van der Waals surface area contributed by atoms with Crippen LogP contribution in [0.25, 0.3) is 10.2 Å². The molecule has 0 atom stereocenters. The quantitative estimate of drug-likeness (QED) is 0.558. The first-order valence-electron chi connectivity index (χ1n) is 9.84. The zero-order valence-corrected chi connectivity index (χ0v) is 19.5. The highest BCUT2D eigenvalue weighted by Crippen LogP contribution is 2.34. The van der Waals surface area contributed by atoms with Gasteiger partial charge in [0.1, 0.15) is 21.7 Å². The fourth-order valence-corrected chi connectivity index (χ4v) is 6.02. The number of rotatable bonds is 5. The Kier molecular flexibility index (Phi) is 6.33. The lowest BCUT2D eigenvalue weighted by Crippen LogP contribution is -2.40. The molecule has 4 rings (SSSR count). The Morgan fingerprint density at radius 2 is 1.66 bits per heavy atom. The van der Waals surface area contributed by atoms with E-state index in [9.17, 15) is 13.2 Å². The van der Waals surface area contributed by atoms with E-state index < -0.39 is 15.9 Å². The molecule has 0 aliphatic carbocycles. The number of sulfonamides is 1. The summed E-state index contributed by atoms with van der Waals surface area (Å²) in [5, 5.41) is 0. The van der Waals surface area contributed by atoms with E-state index in [1.54, 1.807) is 38.0 Å². The van der Waals surface area contributed by atoms with E-state index in [-0.39, 0.29) is 4.90 Å². The van der Waals surface area contributed by atoms with Crippen LogP contribution < -0.4 is 14.3 Å². The number of ether oxygens (including phenoxy) is 3. The van der Waals surface area contributed by atoms with Crippen LogP contribution in [0.2, 0.25) is 0 Å². The number of benzene rings is 2. The Balaban J connectivity index is 1.67. The minimum atomic E-state index is -3.62. The number of nitrogens with zero attached hydrogens (tertiary/aromatic N) is 3. The molecule has 1 saturated heterocycles. The van der Waals surface area contributed by atoms with Gasteiger partial charge in [0.05, 0.1) is 32.3 Å². The van der Waals surface area contributed by atoms with Crippen LogP contribution in [0, 0.1) is 0 Å². The number of aryl methyl sites for hydroxylation is 1. The van der Waals surface area contributed by atoms with Gasteiger partial charge in [-0.05, 0) is 36.4 Å². The third-order valence-corrected chi connectivity index (χ3v) is 8.28. The molecule has 1 aromatic heterocycles. The molecule has 3 aromatic rings. The van der Waals surface area contributed by atoms with Gasteiger partial charge in [-0.3, -0.25) is 4.79 Å². The van der Waals surface area contributed by atoms with E-state index in [0.29, 0.717) is 48.2 Å². The van der Waals surface area contributed by atoms with Crippen molar-refractivity contribution in [3.63, 3.8) is 0 Å². The van der Waals surface area contributed by atoms with Crippen LogP contribution in [0.3, 0.4) is 0 Å². The van der Waals surface area contributed by atoms with E-state index in [1.807, 2.05) is 0 Å². The lowest BCUT2D eigenvalue weighted by Gasteiger charge is -2.26. The average Bonchev–Trinajstić information content (AvgIpc) is 3.15. The molecule has 1 amide bonds. The minimum absolute atomic E-state index is 0.137. The van der Waals surface area contributed by atoms with E-state index in [2.05, 4.69) is 4.99 Å². The van der Waals surface area contributed by atoms with Gasteiger partial charge in [0.25, 0.3) is 5.91 Å². The van der Waals surface area contributed by atoms with E-state index >= 15 is 0 Å². The average molecular weight is 478 g/mol. The molecule has 1 aliphatic rings. The third-order valence-electron chi connectivity index (χ3n) is 5.22. The van der Waals surface area contributed by atoms with Gasteiger partial charge >= 0.3 is 0 Å². The molecule has 11 heteroatoms. The first-order chi connectivity index (χ1) is 15.4. The molecule has 1 fully saturated rings. The molecule has 0 spiro atoms. The van der Waals surface area contributed by atoms with Gasteiger partial charge in [0.2, 0.25) is 10.0 Å². The summed E-state index contributed by atoms with van der Waals surface area (Å²) in [7, 11) is 1.33. The minimum Gasteiger partial charge on any atom is -0.495 e. The highest BCUT2D eigenvalue weighted by molar-refractivity contribution is 7.89. The molecule has 2 heterocycles. The molecule has 0 unspecified atom stereocenters. The SMILES string of the molecule is COc1ccc(OC)c2c1sc(=NC(=O)c1ccc(S(=O)(=O)N3CCOCC3)cc1)n2C. The first kappa shape index (κ1) is 22.5. The lowest BCUT2D eigenvalue weighted by molar-refractivity contribution is 0.0730. The van der Waals surface area contributed by atoms with Gasteiger partial charge in [-0.15, -0.1) is 0 Å². The molecule has 1 aliphatic heterocycles. The van der Waals surface area contributed by atoms with Gasteiger partial charge in [0, 0.05) is 25.7 Å². The number of fused-ring (bicyclic) bond motifs is 1. The Morgan fingerprint density at radius 3 is 2.28 bits per heavy atom. The Labute approximate surface area is 189 Å². The maximum atomic E-state index is 12.8. The topological polar surface area (TPSA) is 99.4 Å². The Hall–Kier alpha value is -2.73. The molecule has 170 valence electrons. The molecule has 2 aromatic carbocycles. The monoisotopic (exact) mass is 477 g/mol. The van der Waals surface area contributed by atoms with Crippen molar-refractivity contribution >= 4 is 37.5 Å². The lowest BCUT2D eigenvalue weighted by atomic mass is 10.2. The highest BCUT2D eigenvalue weighted by Gasteiger charge is 2.26. The number of amides is 1. The zero-order chi connectivity index (χ0) is 22.9. The molecule has 0 radical (unpaired) electrons. The maximum Gasteiger partial charge on any atom is 0.279 e. The van der Waals surface area contributed by atoms with Crippen LogP contribution in [0.15, 0.2) is 46.3 Å². The maximum absolute atomic E-state index is 12.8. The molecular weight excluding hydrogens is 454 g/mol. The summed E-state index contributed by atoms with van der Waals surface area (Å²) in [6.45, 7) is 1.37. The van der Waals surface area contributed by atoms with Crippen molar-refractivity contribution < 1.29 is 27.4 Å². The number of carbonyl (C=O) groups is 1.